The fourth-order valence-electron chi connectivity index (χ4n) is 7.41. The Morgan fingerprint density at radius 2 is 1.09 bits per heavy atom. The van der Waals surface area contributed by atoms with Gasteiger partial charge in [0.05, 0.1) is 0 Å². The standard InChI is InChI=1S/C35H22/c1-4-10-23-20(7-1)17-30-26(23)13-15-28-32-19-22-9-3-6-12-25(22)34(32)35-29(33(28)30)16-14-27-24-11-5-2-8-21(24)18-31(27)35/h1-16,19,34H,17-18H2. The lowest BCUT2D eigenvalue weighted by atomic mass is 9.70. The summed E-state index contributed by atoms with van der Waals surface area (Å²) in [5, 5.41) is 0. The molecule has 5 aromatic rings. The number of hydrogen-bond donors (Lipinski definition) is 0. The number of rotatable bonds is 0. The fraction of sp³-hybridized carbons (Fsp3) is 0.0857. The van der Waals surface area contributed by atoms with Crippen LogP contribution in [-0.4, -0.2) is 0 Å². The van der Waals surface area contributed by atoms with E-state index in [0.717, 1.165) is 12.8 Å². The summed E-state index contributed by atoms with van der Waals surface area (Å²) in [4.78, 5) is 0. The number of allylic oxidation sites excluding steroid dienone is 1. The highest BCUT2D eigenvalue weighted by Gasteiger charge is 2.40. The van der Waals surface area contributed by atoms with Crippen LogP contribution in [0.3, 0.4) is 0 Å². The Hall–Kier alpha value is -4.16. The molecule has 5 aromatic carbocycles. The predicted octanol–water partition coefficient (Wildman–Crippen LogP) is 8.50. The molecule has 4 aliphatic rings. The number of hydrogen-bond acceptors (Lipinski definition) is 0. The lowest BCUT2D eigenvalue weighted by Crippen LogP contribution is -2.13. The molecule has 0 amide bonds. The molecule has 0 saturated heterocycles. The Labute approximate surface area is 205 Å². The van der Waals surface area contributed by atoms with Gasteiger partial charge in [-0.2, -0.15) is 0 Å². The minimum atomic E-state index is 0.319. The molecule has 1 atom stereocenters. The monoisotopic (exact) mass is 442 g/mol. The largest absolute Gasteiger partial charge is 0.0619 e. The number of fused-ring (bicyclic) bond motifs is 16. The van der Waals surface area contributed by atoms with E-state index in [9.17, 15) is 0 Å². The Balaban J connectivity index is 1.39. The molecule has 0 aromatic heterocycles. The summed E-state index contributed by atoms with van der Waals surface area (Å²) in [6.45, 7) is 0. The van der Waals surface area contributed by atoms with E-state index >= 15 is 0 Å². The van der Waals surface area contributed by atoms with Gasteiger partial charge in [0, 0.05) is 5.92 Å². The van der Waals surface area contributed by atoms with Crippen molar-refractivity contribution >= 4 is 11.6 Å². The lowest BCUT2D eigenvalue weighted by Gasteiger charge is -2.32. The molecule has 0 spiro atoms. The summed E-state index contributed by atoms with van der Waals surface area (Å²) >= 11 is 0. The van der Waals surface area contributed by atoms with Crippen molar-refractivity contribution in [1.29, 1.82) is 0 Å². The molecular formula is C35H22. The molecule has 35 heavy (non-hydrogen) atoms. The average molecular weight is 443 g/mol. The molecule has 0 bridgehead atoms. The molecule has 0 N–H and O–H groups in total. The molecular weight excluding hydrogens is 420 g/mol. The van der Waals surface area contributed by atoms with Crippen molar-refractivity contribution < 1.29 is 0 Å². The highest BCUT2D eigenvalue weighted by molar-refractivity contribution is 6.06. The molecule has 162 valence electrons. The lowest BCUT2D eigenvalue weighted by molar-refractivity contribution is 1.02. The first-order valence-corrected chi connectivity index (χ1v) is 12.7. The molecule has 0 nitrogen and oxygen atoms in total. The first-order valence-electron chi connectivity index (χ1n) is 12.7. The van der Waals surface area contributed by atoms with Gasteiger partial charge < -0.3 is 0 Å². The van der Waals surface area contributed by atoms with E-state index in [-0.39, 0.29) is 0 Å². The van der Waals surface area contributed by atoms with Crippen LogP contribution in [0.2, 0.25) is 0 Å². The van der Waals surface area contributed by atoms with Crippen molar-refractivity contribution in [3.63, 3.8) is 0 Å². The van der Waals surface area contributed by atoms with Gasteiger partial charge >= 0.3 is 0 Å². The Bertz CT molecular complexity index is 1800. The van der Waals surface area contributed by atoms with Crippen molar-refractivity contribution in [2.24, 2.45) is 0 Å². The van der Waals surface area contributed by atoms with Gasteiger partial charge in [0.2, 0.25) is 0 Å². The zero-order chi connectivity index (χ0) is 22.7. The van der Waals surface area contributed by atoms with Gasteiger partial charge in [0.25, 0.3) is 0 Å². The normalized spacial score (nSPS) is 16.8. The van der Waals surface area contributed by atoms with Crippen LogP contribution in [0.5, 0.6) is 0 Å². The minimum Gasteiger partial charge on any atom is -0.0619 e. The molecule has 0 radical (unpaired) electrons. The van der Waals surface area contributed by atoms with Gasteiger partial charge in [-0.05, 0) is 102 Å². The summed E-state index contributed by atoms with van der Waals surface area (Å²) in [5.74, 6) is 0.319. The maximum atomic E-state index is 2.47. The van der Waals surface area contributed by atoms with Gasteiger partial charge in [-0.3, -0.25) is 0 Å². The summed E-state index contributed by atoms with van der Waals surface area (Å²) in [5.41, 5.74) is 21.9. The van der Waals surface area contributed by atoms with Crippen molar-refractivity contribution in [3.8, 4) is 33.4 Å². The second-order valence-corrected chi connectivity index (χ2v) is 10.4. The summed E-state index contributed by atoms with van der Waals surface area (Å²) < 4.78 is 0. The zero-order valence-electron chi connectivity index (χ0n) is 19.3. The van der Waals surface area contributed by atoms with Gasteiger partial charge in [0.15, 0.2) is 0 Å². The van der Waals surface area contributed by atoms with Crippen molar-refractivity contribution in [2.75, 3.05) is 0 Å². The predicted molar refractivity (Wildman–Crippen MR) is 145 cm³/mol. The second kappa shape index (κ2) is 6.29. The smallest absolute Gasteiger partial charge is 0.0361 e. The summed E-state index contributed by atoms with van der Waals surface area (Å²) in [6, 6.07) is 36.6. The maximum absolute atomic E-state index is 2.47. The number of benzene rings is 5. The SMILES string of the molecule is C1=C2c3ccc4c(c3-c3ccc5c(c3C2c2ccccc21)Cc1ccccc1-5)Cc1ccccc1-4. The average Bonchev–Trinajstić information content (AvgIpc) is 3.59. The fourth-order valence-corrected chi connectivity index (χ4v) is 7.41. The topological polar surface area (TPSA) is 0 Å². The van der Waals surface area contributed by atoms with Crippen molar-refractivity contribution in [1.82, 2.24) is 0 Å². The van der Waals surface area contributed by atoms with Gasteiger partial charge in [-0.15, -0.1) is 0 Å². The zero-order valence-corrected chi connectivity index (χ0v) is 19.3. The molecule has 1 unspecified atom stereocenters. The van der Waals surface area contributed by atoms with Crippen LogP contribution in [0.15, 0.2) is 97.1 Å². The van der Waals surface area contributed by atoms with Crippen LogP contribution in [0.25, 0.3) is 45.0 Å². The van der Waals surface area contributed by atoms with E-state index in [1.54, 1.807) is 5.56 Å². The molecule has 9 rings (SSSR count). The van der Waals surface area contributed by atoms with E-state index in [1.807, 2.05) is 0 Å². The third kappa shape index (κ3) is 2.19. The van der Waals surface area contributed by atoms with Crippen molar-refractivity contribution in [3.05, 3.63) is 142 Å². The van der Waals surface area contributed by atoms with Gasteiger partial charge in [0.1, 0.15) is 0 Å². The Kier molecular flexibility index (Phi) is 3.27. The van der Waals surface area contributed by atoms with Crippen LogP contribution in [-0.2, 0) is 12.8 Å². The van der Waals surface area contributed by atoms with Crippen molar-refractivity contribution in [2.45, 2.75) is 18.8 Å². The van der Waals surface area contributed by atoms with E-state index in [1.165, 1.54) is 77.9 Å². The molecule has 0 heteroatoms. The molecule has 0 saturated carbocycles. The summed E-state index contributed by atoms with van der Waals surface area (Å²) in [7, 11) is 0. The van der Waals surface area contributed by atoms with Gasteiger partial charge in [-0.1, -0.05) is 97.1 Å². The highest BCUT2D eigenvalue weighted by Crippen LogP contribution is 2.59. The van der Waals surface area contributed by atoms with E-state index in [2.05, 4.69) is 103 Å². The third-order valence-electron chi connectivity index (χ3n) is 8.82. The third-order valence-corrected chi connectivity index (χ3v) is 8.82. The van der Waals surface area contributed by atoms with Crippen LogP contribution < -0.4 is 0 Å². The van der Waals surface area contributed by atoms with Crippen LogP contribution >= 0.6 is 0 Å². The quantitative estimate of drug-likeness (QED) is 0.221. The summed E-state index contributed by atoms with van der Waals surface area (Å²) in [6.07, 6.45) is 4.53. The Morgan fingerprint density at radius 3 is 1.89 bits per heavy atom. The minimum absolute atomic E-state index is 0.319. The first-order chi connectivity index (χ1) is 17.4. The Morgan fingerprint density at radius 1 is 0.486 bits per heavy atom. The first kappa shape index (κ1) is 18.2. The molecule has 0 aliphatic heterocycles. The molecule has 4 aliphatic carbocycles. The molecule has 0 fully saturated rings. The maximum Gasteiger partial charge on any atom is 0.0361 e. The van der Waals surface area contributed by atoms with E-state index < -0.39 is 0 Å². The van der Waals surface area contributed by atoms with Crippen LogP contribution in [0, 0.1) is 0 Å². The second-order valence-electron chi connectivity index (χ2n) is 10.4. The van der Waals surface area contributed by atoms with E-state index in [4.69, 9.17) is 0 Å². The molecule has 0 heterocycles. The van der Waals surface area contributed by atoms with Gasteiger partial charge in [-0.25, -0.2) is 0 Å². The van der Waals surface area contributed by atoms with E-state index in [0.29, 0.717) is 5.92 Å². The highest BCUT2D eigenvalue weighted by atomic mass is 14.4. The van der Waals surface area contributed by atoms with Crippen LogP contribution in [0.4, 0.5) is 0 Å². The van der Waals surface area contributed by atoms with Crippen LogP contribution in [0.1, 0.15) is 50.4 Å².